The van der Waals surface area contributed by atoms with Gasteiger partial charge in [0.1, 0.15) is 12.1 Å². The molecule has 0 aromatic heterocycles. The molecule has 1 N–H and O–H groups in total. The predicted molar refractivity (Wildman–Crippen MR) is 77.2 cm³/mol. The van der Waals surface area contributed by atoms with Crippen molar-refractivity contribution < 1.29 is 19.1 Å². The molecule has 1 heterocycles. The molecule has 0 spiro atoms. The third kappa shape index (κ3) is 2.94. The maximum absolute atomic E-state index is 12.2. The summed E-state index contributed by atoms with van der Waals surface area (Å²) in [4.78, 5) is 25.6. The summed E-state index contributed by atoms with van der Waals surface area (Å²) in [5, 5.41) is 2.66. The quantitative estimate of drug-likeness (QED) is 0.897. The number of carbonyl (C=O) groups is 2. The molecular formula is C15H20N2O4. The molecule has 1 saturated heterocycles. The van der Waals surface area contributed by atoms with Crippen LogP contribution in [-0.4, -0.2) is 43.0 Å². The SMILES string of the molecule is COc1ccc(CN2C(=O)C(C)NC(=O)C2C)cc1OC. The molecule has 1 aromatic carbocycles. The van der Waals surface area contributed by atoms with Crippen LogP contribution in [0.1, 0.15) is 19.4 Å². The zero-order valence-corrected chi connectivity index (χ0v) is 12.7. The maximum Gasteiger partial charge on any atom is 0.245 e. The van der Waals surface area contributed by atoms with Crippen LogP contribution < -0.4 is 14.8 Å². The lowest BCUT2D eigenvalue weighted by molar-refractivity contribution is -0.148. The Morgan fingerprint density at radius 2 is 1.81 bits per heavy atom. The topological polar surface area (TPSA) is 67.9 Å². The van der Waals surface area contributed by atoms with Crippen molar-refractivity contribution in [3.63, 3.8) is 0 Å². The summed E-state index contributed by atoms with van der Waals surface area (Å²) < 4.78 is 10.4. The fourth-order valence-corrected chi connectivity index (χ4v) is 2.37. The predicted octanol–water partition coefficient (Wildman–Crippen LogP) is 0.939. The summed E-state index contributed by atoms with van der Waals surface area (Å²) in [7, 11) is 3.13. The molecule has 0 radical (unpaired) electrons. The Morgan fingerprint density at radius 3 is 2.43 bits per heavy atom. The second kappa shape index (κ2) is 6.03. The van der Waals surface area contributed by atoms with E-state index in [-0.39, 0.29) is 11.8 Å². The minimum Gasteiger partial charge on any atom is -0.493 e. The fraction of sp³-hybridized carbons (Fsp3) is 0.467. The van der Waals surface area contributed by atoms with E-state index in [4.69, 9.17) is 9.47 Å². The van der Waals surface area contributed by atoms with E-state index in [2.05, 4.69) is 5.32 Å². The van der Waals surface area contributed by atoms with E-state index in [0.717, 1.165) is 5.56 Å². The highest BCUT2D eigenvalue weighted by molar-refractivity contribution is 5.96. The fourth-order valence-electron chi connectivity index (χ4n) is 2.37. The van der Waals surface area contributed by atoms with Gasteiger partial charge in [0.2, 0.25) is 11.8 Å². The molecule has 2 rings (SSSR count). The van der Waals surface area contributed by atoms with Gasteiger partial charge in [-0.2, -0.15) is 0 Å². The molecule has 0 bridgehead atoms. The Kier molecular flexibility index (Phi) is 4.35. The smallest absolute Gasteiger partial charge is 0.245 e. The molecule has 1 fully saturated rings. The van der Waals surface area contributed by atoms with Crippen molar-refractivity contribution in [3.05, 3.63) is 23.8 Å². The molecule has 0 saturated carbocycles. The van der Waals surface area contributed by atoms with E-state index in [9.17, 15) is 9.59 Å². The molecule has 2 unspecified atom stereocenters. The van der Waals surface area contributed by atoms with Gasteiger partial charge in [0.25, 0.3) is 0 Å². The molecule has 1 aromatic rings. The van der Waals surface area contributed by atoms with Crippen LogP contribution in [-0.2, 0) is 16.1 Å². The largest absolute Gasteiger partial charge is 0.493 e. The number of hydrogen-bond donors (Lipinski definition) is 1. The molecule has 21 heavy (non-hydrogen) atoms. The van der Waals surface area contributed by atoms with Crippen molar-refractivity contribution >= 4 is 11.8 Å². The molecule has 1 aliphatic heterocycles. The molecule has 0 aliphatic carbocycles. The summed E-state index contributed by atoms with van der Waals surface area (Å²) >= 11 is 0. The summed E-state index contributed by atoms with van der Waals surface area (Å²) in [5.41, 5.74) is 0.884. The van der Waals surface area contributed by atoms with Crippen molar-refractivity contribution in [1.29, 1.82) is 0 Å². The number of ether oxygens (including phenoxy) is 2. The molecule has 6 nitrogen and oxygen atoms in total. The minimum atomic E-state index is -0.492. The first-order chi connectivity index (χ1) is 9.97. The first kappa shape index (κ1) is 15.2. The van der Waals surface area contributed by atoms with Crippen LogP contribution in [0, 0.1) is 0 Å². The van der Waals surface area contributed by atoms with Gasteiger partial charge < -0.3 is 19.7 Å². The number of nitrogens with one attached hydrogen (secondary N) is 1. The number of methoxy groups -OCH3 is 2. The molecule has 6 heteroatoms. The van der Waals surface area contributed by atoms with Crippen molar-refractivity contribution in [3.8, 4) is 11.5 Å². The van der Waals surface area contributed by atoms with Crippen LogP contribution in [0.2, 0.25) is 0 Å². The average Bonchev–Trinajstić information content (AvgIpc) is 2.49. The van der Waals surface area contributed by atoms with E-state index < -0.39 is 12.1 Å². The number of rotatable bonds is 4. The lowest BCUT2D eigenvalue weighted by Gasteiger charge is -2.36. The standard InChI is InChI=1S/C15H20N2O4/c1-9-15(19)17(10(2)14(18)16-9)8-11-5-6-12(20-3)13(7-11)21-4/h5-7,9-10H,8H2,1-4H3,(H,16,18). The Morgan fingerprint density at radius 1 is 1.14 bits per heavy atom. The van der Waals surface area contributed by atoms with Gasteiger partial charge in [-0.3, -0.25) is 9.59 Å². The van der Waals surface area contributed by atoms with Crippen molar-refractivity contribution in [2.75, 3.05) is 14.2 Å². The summed E-state index contributed by atoms with van der Waals surface area (Å²) in [6, 6.07) is 4.49. The third-order valence-corrected chi connectivity index (χ3v) is 3.66. The lowest BCUT2D eigenvalue weighted by Crippen LogP contribution is -2.60. The zero-order chi connectivity index (χ0) is 15.6. The van der Waals surface area contributed by atoms with Gasteiger partial charge in [-0.1, -0.05) is 6.07 Å². The normalized spacial score (nSPS) is 22.0. The van der Waals surface area contributed by atoms with E-state index in [1.54, 1.807) is 39.0 Å². The highest BCUT2D eigenvalue weighted by Crippen LogP contribution is 2.28. The van der Waals surface area contributed by atoms with Crippen molar-refractivity contribution in [1.82, 2.24) is 10.2 Å². The lowest BCUT2D eigenvalue weighted by atomic mass is 10.1. The van der Waals surface area contributed by atoms with Gasteiger partial charge in [-0.05, 0) is 31.5 Å². The number of nitrogens with zero attached hydrogens (tertiary/aromatic N) is 1. The van der Waals surface area contributed by atoms with Gasteiger partial charge >= 0.3 is 0 Å². The molecule has 114 valence electrons. The van der Waals surface area contributed by atoms with E-state index in [1.165, 1.54) is 0 Å². The first-order valence-corrected chi connectivity index (χ1v) is 6.79. The van der Waals surface area contributed by atoms with Gasteiger partial charge in [0.05, 0.1) is 14.2 Å². The number of benzene rings is 1. The van der Waals surface area contributed by atoms with Crippen LogP contribution in [0.15, 0.2) is 18.2 Å². The van der Waals surface area contributed by atoms with Gasteiger partial charge in [-0.25, -0.2) is 0 Å². The highest BCUT2D eigenvalue weighted by atomic mass is 16.5. The van der Waals surface area contributed by atoms with Gasteiger partial charge in [0, 0.05) is 6.54 Å². The Bertz CT molecular complexity index is 559. The summed E-state index contributed by atoms with van der Waals surface area (Å²) in [5.74, 6) is 1.01. The van der Waals surface area contributed by atoms with Gasteiger partial charge in [-0.15, -0.1) is 0 Å². The number of hydrogen-bond acceptors (Lipinski definition) is 4. The van der Waals surface area contributed by atoms with Crippen LogP contribution in [0.3, 0.4) is 0 Å². The molecule has 1 aliphatic rings. The van der Waals surface area contributed by atoms with Crippen molar-refractivity contribution in [2.45, 2.75) is 32.5 Å². The minimum absolute atomic E-state index is 0.0862. The van der Waals surface area contributed by atoms with E-state index in [0.29, 0.717) is 18.0 Å². The number of piperazine rings is 1. The molecule has 2 atom stereocenters. The zero-order valence-electron chi connectivity index (χ0n) is 12.7. The Labute approximate surface area is 124 Å². The number of amides is 2. The average molecular weight is 292 g/mol. The molecule has 2 amide bonds. The van der Waals surface area contributed by atoms with E-state index in [1.807, 2.05) is 12.1 Å². The maximum atomic E-state index is 12.2. The van der Waals surface area contributed by atoms with Crippen molar-refractivity contribution in [2.24, 2.45) is 0 Å². The van der Waals surface area contributed by atoms with E-state index >= 15 is 0 Å². The van der Waals surface area contributed by atoms with Crippen LogP contribution in [0.25, 0.3) is 0 Å². The second-order valence-corrected chi connectivity index (χ2v) is 5.06. The first-order valence-electron chi connectivity index (χ1n) is 6.79. The van der Waals surface area contributed by atoms with Crippen LogP contribution >= 0.6 is 0 Å². The Hall–Kier alpha value is -2.24. The van der Waals surface area contributed by atoms with Crippen LogP contribution in [0.4, 0.5) is 0 Å². The van der Waals surface area contributed by atoms with Gasteiger partial charge in [0.15, 0.2) is 11.5 Å². The third-order valence-electron chi connectivity index (χ3n) is 3.66. The van der Waals surface area contributed by atoms with Crippen LogP contribution in [0.5, 0.6) is 11.5 Å². The summed E-state index contributed by atoms with van der Waals surface area (Å²) in [6.07, 6.45) is 0. The number of carbonyl (C=O) groups excluding carboxylic acids is 2. The Balaban J connectivity index is 2.23. The molecular weight excluding hydrogens is 272 g/mol. The summed E-state index contributed by atoms with van der Waals surface area (Å²) in [6.45, 7) is 3.77. The highest BCUT2D eigenvalue weighted by Gasteiger charge is 2.35. The monoisotopic (exact) mass is 292 g/mol. The second-order valence-electron chi connectivity index (χ2n) is 5.06.